The summed E-state index contributed by atoms with van der Waals surface area (Å²) in [6, 6.07) is 6.13. The van der Waals surface area contributed by atoms with Gasteiger partial charge >= 0.3 is 5.76 Å². The van der Waals surface area contributed by atoms with Gasteiger partial charge in [-0.1, -0.05) is 18.2 Å². The van der Waals surface area contributed by atoms with Gasteiger partial charge in [0.2, 0.25) is 5.60 Å². The normalized spacial score (nSPS) is 25.9. The molecular formula is C25H22F5N3O4S. The number of rotatable bonds is 7. The predicted molar refractivity (Wildman–Crippen MR) is 123 cm³/mol. The molecule has 13 heteroatoms. The molecule has 1 N–H and O–H groups in total. The van der Waals surface area contributed by atoms with Gasteiger partial charge in [-0.15, -0.1) is 0 Å². The third-order valence-electron chi connectivity index (χ3n) is 7.62. The molecular weight excluding hydrogens is 533 g/mol. The molecule has 7 nitrogen and oxygen atoms in total. The fraction of sp³-hybridized carbons (Fsp3) is 0.440. The molecule has 1 unspecified atom stereocenters. The van der Waals surface area contributed by atoms with E-state index in [9.17, 15) is 36.0 Å². The number of nitrogens with one attached hydrogen (secondary N) is 1. The smallest absolute Gasteiger partial charge is 0.350 e. The molecule has 3 fully saturated rings. The monoisotopic (exact) mass is 555 g/mol. The maximum absolute atomic E-state index is 15.7. The van der Waals surface area contributed by atoms with Crippen LogP contribution < -0.4 is 4.72 Å². The van der Waals surface area contributed by atoms with Crippen LogP contribution in [0.4, 0.5) is 22.0 Å². The highest BCUT2D eigenvalue weighted by Crippen LogP contribution is 2.56. The molecule has 0 radical (unpaired) electrons. The number of halogens is 5. The number of carbonyl (C=O) groups excluding carboxylic acids is 1. The van der Waals surface area contributed by atoms with E-state index in [-0.39, 0.29) is 42.7 Å². The highest BCUT2D eigenvalue weighted by Gasteiger charge is 2.64. The lowest BCUT2D eigenvalue weighted by Crippen LogP contribution is -2.59. The second-order valence-corrected chi connectivity index (χ2v) is 11.6. The Balaban J connectivity index is 1.55. The Morgan fingerprint density at radius 1 is 1.16 bits per heavy atom. The van der Waals surface area contributed by atoms with Gasteiger partial charge in [0.25, 0.3) is 15.9 Å². The number of carbonyl (C=O) groups is 1. The molecule has 3 atom stereocenters. The second-order valence-electron chi connectivity index (χ2n) is 9.94. The summed E-state index contributed by atoms with van der Waals surface area (Å²) in [5, 5.41) is 9.61. The van der Waals surface area contributed by atoms with Crippen LogP contribution in [0.2, 0.25) is 0 Å². The molecule has 2 heterocycles. The van der Waals surface area contributed by atoms with Crippen LogP contribution >= 0.6 is 0 Å². The maximum atomic E-state index is 15.7. The van der Waals surface area contributed by atoms with Crippen LogP contribution in [-0.2, 0) is 26.0 Å². The Morgan fingerprint density at radius 2 is 1.82 bits per heavy atom. The van der Waals surface area contributed by atoms with E-state index in [1.54, 1.807) is 0 Å². The van der Waals surface area contributed by atoms with E-state index in [1.807, 2.05) is 10.8 Å². The lowest BCUT2D eigenvalue weighted by atomic mass is 9.90. The molecule has 2 aromatic carbocycles. The number of likely N-dealkylation sites (tertiary alicyclic amines) is 1. The summed E-state index contributed by atoms with van der Waals surface area (Å²) < 4.78 is 102. The number of sulfonamides is 1. The zero-order valence-electron chi connectivity index (χ0n) is 19.8. The Kier molecular flexibility index (Phi) is 6.48. The highest BCUT2D eigenvalue weighted by molar-refractivity contribution is 7.89. The number of ether oxygens (including phenoxy) is 1. The molecule has 3 aliphatic rings. The first kappa shape index (κ1) is 26.5. The molecule has 38 heavy (non-hydrogen) atoms. The van der Waals surface area contributed by atoms with Gasteiger partial charge in [-0.25, -0.2) is 26.3 Å². The average Bonchev–Trinajstić information content (AvgIpc) is 3.54. The molecule has 1 spiro atoms. The fourth-order valence-corrected chi connectivity index (χ4v) is 6.26. The van der Waals surface area contributed by atoms with Crippen molar-refractivity contribution in [1.82, 2.24) is 9.62 Å². The van der Waals surface area contributed by atoms with Gasteiger partial charge in [0, 0.05) is 36.1 Å². The zero-order chi connectivity index (χ0) is 27.5. The first-order chi connectivity index (χ1) is 17.9. The lowest BCUT2D eigenvalue weighted by molar-refractivity contribution is -0.172. The van der Waals surface area contributed by atoms with Crippen LogP contribution in [0.15, 0.2) is 36.4 Å². The minimum absolute atomic E-state index is 0.0316. The third kappa shape index (κ3) is 4.44. The summed E-state index contributed by atoms with van der Waals surface area (Å²) >= 11 is 0. The van der Waals surface area contributed by atoms with Gasteiger partial charge < -0.3 is 9.64 Å². The van der Waals surface area contributed by atoms with Crippen molar-refractivity contribution in [2.45, 2.75) is 49.1 Å². The molecule has 1 aliphatic carbocycles. The summed E-state index contributed by atoms with van der Waals surface area (Å²) in [6.45, 7) is 0.126. The highest BCUT2D eigenvalue weighted by atomic mass is 32.2. The number of amides is 1. The number of alkyl halides is 2. The lowest BCUT2D eigenvalue weighted by Gasteiger charge is -2.39. The zero-order valence-corrected chi connectivity index (χ0v) is 20.6. The quantitative estimate of drug-likeness (QED) is 0.528. The number of nitrogens with zero attached hydrogens (tertiary/aromatic N) is 2. The van der Waals surface area contributed by atoms with Crippen molar-refractivity contribution in [2.24, 2.45) is 5.41 Å². The van der Waals surface area contributed by atoms with Crippen molar-refractivity contribution in [1.29, 1.82) is 5.26 Å². The summed E-state index contributed by atoms with van der Waals surface area (Å²) in [5.74, 6) is -7.18. The standard InChI is InChI=1S/C25H22F5N3O4S/c26-16-8-15(9-17(27)11-16)18-3-1-2-14(20(18)28)10-19-21(32-38(35,36)23(29)30)24(4-5-24)13-33(19)22(34)25(12-31)6-7-37-25/h1-3,8-9,11,19,21,23,32H,4-7,10,13H2/t19-,21+,25?/m0/s1. The van der Waals surface area contributed by atoms with Crippen molar-refractivity contribution in [3.8, 4) is 17.2 Å². The summed E-state index contributed by atoms with van der Waals surface area (Å²) in [7, 11) is -5.09. The molecule has 202 valence electrons. The number of hydrogen-bond donors (Lipinski definition) is 1. The van der Waals surface area contributed by atoms with E-state index in [1.165, 1.54) is 23.1 Å². The maximum Gasteiger partial charge on any atom is 0.350 e. The molecule has 1 saturated carbocycles. The molecule has 0 aromatic heterocycles. The van der Waals surface area contributed by atoms with Crippen molar-refractivity contribution in [3.63, 3.8) is 0 Å². The van der Waals surface area contributed by atoms with E-state index in [2.05, 4.69) is 0 Å². The Hall–Kier alpha value is -3.08. The van der Waals surface area contributed by atoms with Gasteiger partial charge in [0.05, 0.1) is 12.6 Å². The first-order valence-corrected chi connectivity index (χ1v) is 13.4. The van der Waals surface area contributed by atoms with Crippen LogP contribution in [-0.4, -0.2) is 55.8 Å². The molecule has 2 aliphatic heterocycles. The van der Waals surface area contributed by atoms with E-state index < -0.39 is 62.2 Å². The van der Waals surface area contributed by atoms with Gasteiger partial charge in [0.1, 0.15) is 23.5 Å². The molecule has 5 rings (SSSR count). The Morgan fingerprint density at radius 3 is 2.34 bits per heavy atom. The molecule has 2 saturated heterocycles. The first-order valence-electron chi connectivity index (χ1n) is 11.8. The van der Waals surface area contributed by atoms with E-state index in [0.717, 1.165) is 12.1 Å². The van der Waals surface area contributed by atoms with E-state index in [0.29, 0.717) is 18.9 Å². The van der Waals surface area contributed by atoms with Crippen LogP contribution in [0.25, 0.3) is 11.1 Å². The van der Waals surface area contributed by atoms with Gasteiger partial charge in [-0.3, -0.25) is 4.79 Å². The summed E-state index contributed by atoms with van der Waals surface area (Å²) in [5.41, 5.74) is -2.90. The van der Waals surface area contributed by atoms with Crippen molar-refractivity contribution < 1.29 is 39.9 Å². The molecule has 2 aromatic rings. The van der Waals surface area contributed by atoms with Crippen LogP contribution in [0.5, 0.6) is 0 Å². The van der Waals surface area contributed by atoms with Crippen LogP contribution in [0.3, 0.4) is 0 Å². The van der Waals surface area contributed by atoms with Crippen molar-refractivity contribution in [3.05, 3.63) is 59.4 Å². The topological polar surface area (TPSA) is 99.5 Å². The van der Waals surface area contributed by atoms with Gasteiger partial charge in [-0.05, 0) is 42.5 Å². The van der Waals surface area contributed by atoms with Gasteiger partial charge in [0.15, 0.2) is 0 Å². The van der Waals surface area contributed by atoms with E-state index in [4.69, 9.17) is 4.74 Å². The van der Waals surface area contributed by atoms with Crippen LogP contribution in [0.1, 0.15) is 24.8 Å². The van der Waals surface area contributed by atoms with Crippen LogP contribution in [0, 0.1) is 34.2 Å². The van der Waals surface area contributed by atoms with E-state index >= 15 is 4.39 Å². The third-order valence-corrected chi connectivity index (χ3v) is 8.67. The number of benzene rings is 2. The Bertz CT molecular complexity index is 1420. The predicted octanol–water partition coefficient (Wildman–Crippen LogP) is 3.50. The SMILES string of the molecule is N#CC1(C(=O)N2CC3(CC3)[C@H](NS(=O)(=O)C(F)F)[C@@H]2Cc2cccc(-c3cc(F)cc(F)c3)c2F)CCO1. The number of hydrogen-bond acceptors (Lipinski definition) is 5. The Labute approximate surface area is 215 Å². The summed E-state index contributed by atoms with van der Waals surface area (Å²) in [4.78, 5) is 14.7. The minimum atomic E-state index is -5.09. The minimum Gasteiger partial charge on any atom is -0.352 e. The van der Waals surface area contributed by atoms with Gasteiger partial charge in [-0.2, -0.15) is 14.0 Å². The largest absolute Gasteiger partial charge is 0.352 e. The van der Waals surface area contributed by atoms with Crippen molar-refractivity contribution in [2.75, 3.05) is 13.2 Å². The molecule has 0 bridgehead atoms. The number of nitriles is 1. The molecule has 1 amide bonds. The summed E-state index contributed by atoms with van der Waals surface area (Å²) in [6.07, 6.45) is 0.633. The average molecular weight is 556 g/mol. The second kappa shape index (κ2) is 9.29. The fourth-order valence-electron chi connectivity index (χ4n) is 5.39. The van der Waals surface area contributed by atoms with Crippen molar-refractivity contribution >= 4 is 15.9 Å².